The molecule has 2 amide bonds. The van der Waals surface area contributed by atoms with Crippen molar-refractivity contribution in [2.45, 2.75) is 0 Å². The zero-order valence-corrected chi connectivity index (χ0v) is 12.8. The van der Waals surface area contributed by atoms with Gasteiger partial charge in [-0.1, -0.05) is 24.3 Å². The lowest BCUT2D eigenvalue weighted by Gasteiger charge is -2.07. The van der Waals surface area contributed by atoms with E-state index in [1.807, 2.05) is 6.07 Å². The molecule has 0 aliphatic carbocycles. The Hall–Kier alpha value is -2.99. The summed E-state index contributed by atoms with van der Waals surface area (Å²) in [6.45, 7) is 0. The highest BCUT2D eigenvalue weighted by Gasteiger charge is 2.10. The summed E-state index contributed by atoms with van der Waals surface area (Å²) in [5, 5.41) is 7.81. The summed E-state index contributed by atoms with van der Waals surface area (Å²) in [6.07, 6.45) is 1.62. The highest BCUT2D eigenvalue weighted by molar-refractivity contribution is 7.13. The van der Waals surface area contributed by atoms with Gasteiger partial charge >= 0.3 is 0 Å². The molecule has 0 fully saturated rings. The number of hydrogen-bond acceptors (Lipinski definition) is 4. The second kappa shape index (κ2) is 6.85. The maximum absolute atomic E-state index is 12.2. The van der Waals surface area contributed by atoms with E-state index in [4.69, 9.17) is 0 Å². The maximum atomic E-state index is 12.2. The van der Waals surface area contributed by atoms with Crippen molar-refractivity contribution in [3.63, 3.8) is 0 Å². The van der Waals surface area contributed by atoms with E-state index in [2.05, 4.69) is 15.6 Å². The molecule has 114 valence electrons. The third kappa shape index (κ3) is 3.81. The summed E-state index contributed by atoms with van der Waals surface area (Å²) < 4.78 is 0. The average molecular weight is 323 g/mol. The van der Waals surface area contributed by atoms with Gasteiger partial charge in [-0.15, -0.1) is 11.3 Å². The van der Waals surface area contributed by atoms with Crippen molar-refractivity contribution in [3.8, 4) is 0 Å². The lowest BCUT2D eigenvalue weighted by atomic mass is 10.1. The number of nitrogens with one attached hydrogen (secondary N) is 2. The summed E-state index contributed by atoms with van der Waals surface area (Å²) in [5.41, 5.74) is 1.57. The van der Waals surface area contributed by atoms with Crippen LogP contribution in [-0.2, 0) is 0 Å². The van der Waals surface area contributed by atoms with Crippen molar-refractivity contribution in [1.82, 2.24) is 4.98 Å². The fraction of sp³-hybridized carbons (Fsp3) is 0. The fourth-order valence-electron chi connectivity index (χ4n) is 1.99. The number of aromatic nitrogens is 1. The zero-order chi connectivity index (χ0) is 16.1. The Balaban J connectivity index is 1.72. The van der Waals surface area contributed by atoms with Crippen LogP contribution in [0.3, 0.4) is 0 Å². The van der Waals surface area contributed by atoms with Gasteiger partial charge in [0, 0.05) is 28.4 Å². The number of carbonyl (C=O) groups is 2. The highest BCUT2D eigenvalue weighted by Crippen LogP contribution is 2.16. The molecule has 5 nitrogen and oxygen atoms in total. The van der Waals surface area contributed by atoms with E-state index in [1.54, 1.807) is 60.1 Å². The van der Waals surface area contributed by atoms with Crippen LogP contribution in [0.4, 0.5) is 10.8 Å². The SMILES string of the molecule is O=C(Nc1cccc(C(=O)Nc2nccs2)c1)c1ccccc1. The monoisotopic (exact) mass is 323 g/mol. The Bertz CT molecular complexity index is 817. The number of benzene rings is 2. The number of carbonyl (C=O) groups excluding carboxylic acids is 2. The fourth-order valence-corrected chi connectivity index (χ4v) is 2.51. The van der Waals surface area contributed by atoms with Gasteiger partial charge < -0.3 is 5.32 Å². The molecular weight excluding hydrogens is 310 g/mol. The smallest absolute Gasteiger partial charge is 0.257 e. The minimum Gasteiger partial charge on any atom is -0.322 e. The molecule has 0 radical (unpaired) electrons. The Labute approximate surface area is 137 Å². The van der Waals surface area contributed by atoms with Gasteiger partial charge in [0.25, 0.3) is 11.8 Å². The summed E-state index contributed by atoms with van der Waals surface area (Å²) >= 11 is 1.35. The first-order valence-corrected chi connectivity index (χ1v) is 7.77. The Morgan fingerprint density at radius 1 is 0.870 bits per heavy atom. The molecule has 3 aromatic rings. The van der Waals surface area contributed by atoms with Crippen LogP contribution in [0.25, 0.3) is 0 Å². The molecule has 0 bridgehead atoms. The lowest BCUT2D eigenvalue weighted by molar-refractivity contribution is 0.101. The second-order valence-electron chi connectivity index (χ2n) is 4.69. The van der Waals surface area contributed by atoms with E-state index in [-0.39, 0.29) is 11.8 Å². The average Bonchev–Trinajstić information content (AvgIpc) is 3.09. The molecule has 0 unspecified atom stereocenters. The van der Waals surface area contributed by atoms with Crippen molar-refractivity contribution in [2.75, 3.05) is 10.6 Å². The summed E-state index contributed by atoms with van der Waals surface area (Å²) in [5.74, 6) is -0.487. The number of rotatable bonds is 4. The topological polar surface area (TPSA) is 71.1 Å². The van der Waals surface area contributed by atoms with Crippen LogP contribution in [0.1, 0.15) is 20.7 Å². The summed E-state index contributed by atoms with van der Waals surface area (Å²) in [6, 6.07) is 15.7. The minimum atomic E-state index is -0.268. The van der Waals surface area contributed by atoms with Gasteiger partial charge in [-0.2, -0.15) is 0 Å². The predicted octanol–water partition coefficient (Wildman–Crippen LogP) is 3.65. The van der Waals surface area contributed by atoms with Crippen LogP contribution in [0.5, 0.6) is 0 Å². The third-order valence-electron chi connectivity index (χ3n) is 3.07. The molecule has 0 spiro atoms. The van der Waals surface area contributed by atoms with E-state index >= 15 is 0 Å². The van der Waals surface area contributed by atoms with Gasteiger partial charge in [-0.05, 0) is 30.3 Å². The first-order valence-electron chi connectivity index (χ1n) is 6.90. The highest BCUT2D eigenvalue weighted by atomic mass is 32.1. The molecular formula is C17H13N3O2S. The summed E-state index contributed by atoms with van der Waals surface area (Å²) in [4.78, 5) is 28.3. The van der Waals surface area contributed by atoms with Crippen molar-refractivity contribution < 1.29 is 9.59 Å². The molecule has 3 rings (SSSR count). The van der Waals surface area contributed by atoms with Gasteiger partial charge in [0.05, 0.1) is 0 Å². The molecule has 2 aromatic carbocycles. The molecule has 0 saturated heterocycles. The molecule has 1 heterocycles. The van der Waals surface area contributed by atoms with Crippen molar-refractivity contribution in [1.29, 1.82) is 0 Å². The number of nitrogens with zero attached hydrogens (tertiary/aromatic N) is 1. The maximum Gasteiger partial charge on any atom is 0.257 e. The largest absolute Gasteiger partial charge is 0.322 e. The van der Waals surface area contributed by atoms with Crippen LogP contribution in [-0.4, -0.2) is 16.8 Å². The van der Waals surface area contributed by atoms with Crippen LogP contribution < -0.4 is 10.6 Å². The van der Waals surface area contributed by atoms with Gasteiger partial charge in [0.1, 0.15) is 0 Å². The molecule has 0 aliphatic heterocycles. The Morgan fingerprint density at radius 3 is 2.35 bits per heavy atom. The molecule has 2 N–H and O–H groups in total. The first kappa shape index (κ1) is 14.9. The molecule has 1 aromatic heterocycles. The number of amides is 2. The normalized spacial score (nSPS) is 10.1. The van der Waals surface area contributed by atoms with Crippen LogP contribution in [0, 0.1) is 0 Å². The number of hydrogen-bond donors (Lipinski definition) is 2. The first-order chi connectivity index (χ1) is 11.2. The van der Waals surface area contributed by atoms with Gasteiger partial charge in [0.2, 0.25) is 0 Å². The molecule has 23 heavy (non-hydrogen) atoms. The van der Waals surface area contributed by atoms with E-state index in [0.717, 1.165) is 0 Å². The Morgan fingerprint density at radius 2 is 1.61 bits per heavy atom. The quantitative estimate of drug-likeness (QED) is 0.770. The molecule has 0 atom stereocenters. The molecule has 0 saturated carbocycles. The second-order valence-corrected chi connectivity index (χ2v) is 5.59. The molecule has 0 aliphatic rings. The van der Waals surface area contributed by atoms with E-state index in [9.17, 15) is 9.59 Å². The van der Waals surface area contributed by atoms with Crippen LogP contribution in [0.2, 0.25) is 0 Å². The predicted molar refractivity (Wildman–Crippen MR) is 90.9 cm³/mol. The summed E-state index contributed by atoms with van der Waals surface area (Å²) in [7, 11) is 0. The number of thiazole rings is 1. The van der Waals surface area contributed by atoms with E-state index in [1.165, 1.54) is 11.3 Å². The van der Waals surface area contributed by atoms with E-state index in [0.29, 0.717) is 21.9 Å². The van der Waals surface area contributed by atoms with Crippen LogP contribution >= 0.6 is 11.3 Å². The van der Waals surface area contributed by atoms with E-state index < -0.39 is 0 Å². The molecule has 6 heteroatoms. The van der Waals surface area contributed by atoms with Gasteiger partial charge in [0.15, 0.2) is 5.13 Å². The zero-order valence-electron chi connectivity index (χ0n) is 12.0. The van der Waals surface area contributed by atoms with Crippen molar-refractivity contribution in [3.05, 3.63) is 77.3 Å². The number of anilines is 2. The minimum absolute atomic E-state index is 0.219. The van der Waals surface area contributed by atoms with Gasteiger partial charge in [-0.25, -0.2) is 4.98 Å². The van der Waals surface area contributed by atoms with Gasteiger partial charge in [-0.3, -0.25) is 14.9 Å². The van der Waals surface area contributed by atoms with Crippen molar-refractivity contribution >= 4 is 34.0 Å². The van der Waals surface area contributed by atoms with Crippen molar-refractivity contribution in [2.24, 2.45) is 0 Å². The van der Waals surface area contributed by atoms with Crippen LogP contribution in [0.15, 0.2) is 66.2 Å². The third-order valence-corrected chi connectivity index (χ3v) is 3.76. The standard InChI is InChI=1S/C17H13N3O2S/c21-15(12-5-2-1-3-6-12)19-14-8-4-7-13(11-14)16(22)20-17-18-9-10-23-17/h1-11H,(H,19,21)(H,18,20,22). The Kier molecular flexibility index (Phi) is 4.44. The lowest BCUT2D eigenvalue weighted by Crippen LogP contribution is -2.14.